The number of rotatable bonds is 2. The lowest BCUT2D eigenvalue weighted by Gasteiger charge is -2.32. The van der Waals surface area contributed by atoms with Gasteiger partial charge in [0.25, 0.3) is 0 Å². The van der Waals surface area contributed by atoms with Crippen molar-refractivity contribution in [1.82, 2.24) is 4.31 Å². The van der Waals surface area contributed by atoms with E-state index in [2.05, 4.69) is 0 Å². The highest BCUT2D eigenvalue weighted by Crippen LogP contribution is 2.32. The van der Waals surface area contributed by atoms with E-state index >= 15 is 0 Å². The van der Waals surface area contributed by atoms with Gasteiger partial charge in [0.1, 0.15) is 4.90 Å². The first-order valence-electron chi connectivity index (χ1n) is 6.31. The molecule has 2 rings (SSSR count). The van der Waals surface area contributed by atoms with Crippen LogP contribution in [0.3, 0.4) is 0 Å². The summed E-state index contributed by atoms with van der Waals surface area (Å²) < 4.78 is 26.9. The van der Waals surface area contributed by atoms with Crippen molar-refractivity contribution in [1.29, 1.82) is 0 Å². The number of nitrogens with zero attached hydrogens (tertiary/aromatic N) is 1. The minimum atomic E-state index is -3.54. The van der Waals surface area contributed by atoms with Crippen molar-refractivity contribution in [3.63, 3.8) is 0 Å². The second kappa shape index (κ2) is 5.60. The summed E-state index contributed by atoms with van der Waals surface area (Å²) in [6.45, 7) is 4.27. The highest BCUT2D eigenvalue weighted by Gasteiger charge is 2.32. The zero-order valence-corrected chi connectivity index (χ0v) is 13.3. The van der Waals surface area contributed by atoms with Gasteiger partial charge in [0.2, 0.25) is 10.0 Å². The molecule has 6 heteroatoms. The van der Waals surface area contributed by atoms with Gasteiger partial charge in [0.15, 0.2) is 0 Å². The molecule has 1 aliphatic heterocycles. The van der Waals surface area contributed by atoms with Gasteiger partial charge in [-0.25, -0.2) is 8.42 Å². The monoisotopic (exact) mass is 321 g/mol. The summed E-state index contributed by atoms with van der Waals surface area (Å²) in [7, 11) is -3.54. The summed E-state index contributed by atoms with van der Waals surface area (Å²) in [5, 5.41) is 0.670. The predicted molar refractivity (Wildman–Crippen MR) is 78.4 cm³/mol. The quantitative estimate of drug-likeness (QED) is 0.829. The molecule has 1 heterocycles. The van der Waals surface area contributed by atoms with E-state index in [1.54, 1.807) is 17.3 Å². The van der Waals surface area contributed by atoms with E-state index in [9.17, 15) is 8.42 Å². The molecule has 0 radical (unpaired) electrons. The zero-order valence-electron chi connectivity index (χ0n) is 11.0. The summed E-state index contributed by atoms with van der Waals surface area (Å²) >= 11 is 12.0. The Morgan fingerprint density at radius 2 is 1.89 bits per heavy atom. The maximum Gasteiger partial charge on any atom is 0.244 e. The Hall–Kier alpha value is -0.290. The van der Waals surface area contributed by atoms with E-state index < -0.39 is 10.0 Å². The Bertz CT molecular complexity index is 587. The van der Waals surface area contributed by atoms with Crippen LogP contribution < -0.4 is 0 Å². The minimum Gasteiger partial charge on any atom is -0.207 e. The molecule has 0 saturated carbocycles. The van der Waals surface area contributed by atoms with Gasteiger partial charge >= 0.3 is 0 Å². The molecule has 3 nitrogen and oxygen atoms in total. The van der Waals surface area contributed by atoms with E-state index in [1.807, 2.05) is 6.92 Å². The Labute approximate surface area is 124 Å². The SMILES string of the molecule is Cc1cc(S(=O)(=O)N2CCCC[C@@H]2C)c(Cl)cc1Cl. The van der Waals surface area contributed by atoms with Crippen molar-refractivity contribution in [3.8, 4) is 0 Å². The van der Waals surface area contributed by atoms with Crippen molar-refractivity contribution in [2.24, 2.45) is 0 Å². The molecule has 1 aromatic rings. The smallest absolute Gasteiger partial charge is 0.207 e. The third-order valence-electron chi connectivity index (χ3n) is 3.54. The summed E-state index contributed by atoms with van der Waals surface area (Å²) in [5.74, 6) is 0. The van der Waals surface area contributed by atoms with Gasteiger partial charge < -0.3 is 0 Å². The van der Waals surface area contributed by atoms with Gasteiger partial charge in [-0.2, -0.15) is 4.31 Å². The molecular weight excluding hydrogens is 305 g/mol. The van der Waals surface area contributed by atoms with Gasteiger partial charge in [-0.3, -0.25) is 0 Å². The van der Waals surface area contributed by atoms with Gasteiger partial charge in [0, 0.05) is 17.6 Å². The Morgan fingerprint density at radius 1 is 1.21 bits per heavy atom. The number of piperidine rings is 1. The van der Waals surface area contributed by atoms with Gasteiger partial charge in [-0.1, -0.05) is 29.6 Å². The van der Waals surface area contributed by atoms with Gasteiger partial charge in [-0.15, -0.1) is 0 Å². The van der Waals surface area contributed by atoms with E-state index in [0.717, 1.165) is 19.3 Å². The number of aryl methyl sites for hydroxylation is 1. The average molecular weight is 322 g/mol. The summed E-state index contributed by atoms with van der Waals surface area (Å²) in [6.07, 6.45) is 2.86. The number of sulfonamides is 1. The number of hydrogen-bond acceptors (Lipinski definition) is 2. The van der Waals surface area contributed by atoms with Crippen molar-refractivity contribution in [2.75, 3.05) is 6.54 Å². The minimum absolute atomic E-state index is 0.0193. The van der Waals surface area contributed by atoms with Crippen molar-refractivity contribution in [3.05, 3.63) is 27.7 Å². The molecule has 0 spiro atoms. The standard InChI is InChI=1S/C13H17Cl2NO2S/c1-9-7-13(12(15)8-11(9)14)19(17,18)16-6-4-3-5-10(16)2/h7-8,10H,3-6H2,1-2H3/t10-/m0/s1. The molecule has 106 valence electrons. The van der Waals surface area contributed by atoms with Gasteiger partial charge in [0.05, 0.1) is 5.02 Å². The second-order valence-corrected chi connectivity index (χ2v) is 7.67. The predicted octanol–water partition coefficient (Wildman–Crippen LogP) is 3.86. The molecule has 1 saturated heterocycles. The van der Waals surface area contributed by atoms with E-state index in [1.165, 1.54) is 6.07 Å². The van der Waals surface area contributed by atoms with E-state index in [-0.39, 0.29) is 16.0 Å². The third-order valence-corrected chi connectivity index (χ3v) is 6.43. The van der Waals surface area contributed by atoms with Crippen LogP contribution in [-0.2, 0) is 10.0 Å². The van der Waals surface area contributed by atoms with Crippen LogP contribution in [0.15, 0.2) is 17.0 Å². The maximum atomic E-state index is 12.7. The van der Waals surface area contributed by atoms with Crippen LogP contribution in [0.4, 0.5) is 0 Å². The lowest BCUT2D eigenvalue weighted by molar-refractivity contribution is 0.268. The van der Waals surface area contributed by atoms with Crippen LogP contribution in [-0.4, -0.2) is 25.3 Å². The fraction of sp³-hybridized carbons (Fsp3) is 0.538. The number of benzene rings is 1. The Kier molecular flexibility index (Phi) is 4.45. The molecular formula is C13H17Cl2NO2S. The fourth-order valence-corrected chi connectivity index (χ4v) is 4.89. The first-order valence-corrected chi connectivity index (χ1v) is 8.51. The van der Waals surface area contributed by atoms with Crippen LogP contribution in [0.5, 0.6) is 0 Å². The molecule has 0 amide bonds. The third kappa shape index (κ3) is 2.92. The van der Waals surface area contributed by atoms with Crippen molar-refractivity contribution in [2.45, 2.75) is 44.0 Å². The molecule has 1 atom stereocenters. The Balaban J connectivity index is 2.47. The lowest BCUT2D eigenvalue weighted by atomic mass is 10.1. The first-order chi connectivity index (χ1) is 8.84. The molecule has 0 bridgehead atoms. The second-order valence-electron chi connectivity index (χ2n) is 4.99. The molecule has 0 N–H and O–H groups in total. The van der Waals surface area contributed by atoms with Crippen LogP contribution in [0, 0.1) is 6.92 Å². The highest BCUT2D eigenvalue weighted by atomic mass is 35.5. The molecule has 1 aliphatic rings. The maximum absolute atomic E-state index is 12.7. The summed E-state index contributed by atoms with van der Waals surface area (Å²) in [6, 6.07) is 3.08. The fourth-order valence-electron chi connectivity index (χ4n) is 2.38. The summed E-state index contributed by atoms with van der Waals surface area (Å²) in [4.78, 5) is 0.157. The van der Waals surface area contributed by atoms with E-state index in [4.69, 9.17) is 23.2 Å². The summed E-state index contributed by atoms with van der Waals surface area (Å²) in [5.41, 5.74) is 0.717. The largest absolute Gasteiger partial charge is 0.244 e. The van der Waals surface area contributed by atoms with Crippen molar-refractivity contribution >= 4 is 33.2 Å². The molecule has 1 fully saturated rings. The first kappa shape index (κ1) is 15.1. The molecule has 0 aliphatic carbocycles. The van der Waals surface area contributed by atoms with Crippen LogP contribution in [0.1, 0.15) is 31.7 Å². The normalized spacial score (nSPS) is 21.6. The zero-order chi connectivity index (χ0) is 14.2. The molecule has 0 unspecified atom stereocenters. The molecule has 1 aromatic carbocycles. The van der Waals surface area contributed by atoms with Crippen LogP contribution in [0.25, 0.3) is 0 Å². The number of hydrogen-bond donors (Lipinski definition) is 0. The number of halogens is 2. The van der Waals surface area contributed by atoms with Crippen LogP contribution in [0.2, 0.25) is 10.0 Å². The van der Waals surface area contributed by atoms with Gasteiger partial charge in [-0.05, 0) is 44.4 Å². The Morgan fingerprint density at radius 3 is 2.53 bits per heavy atom. The van der Waals surface area contributed by atoms with E-state index in [0.29, 0.717) is 17.1 Å². The topological polar surface area (TPSA) is 37.4 Å². The van der Waals surface area contributed by atoms with Crippen LogP contribution >= 0.6 is 23.2 Å². The highest BCUT2D eigenvalue weighted by molar-refractivity contribution is 7.89. The molecule has 19 heavy (non-hydrogen) atoms. The molecule has 0 aromatic heterocycles. The average Bonchev–Trinajstić information content (AvgIpc) is 2.34. The lowest BCUT2D eigenvalue weighted by Crippen LogP contribution is -2.42. The van der Waals surface area contributed by atoms with Crippen molar-refractivity contribution < 1.29 is 8.42 Å².